The molecule has 0 saturated carbocycles. The third-order valence-electron chi connectivity index (χ3n) is 29.1. The number of unbranched alkanes of at least 4 members (excludes halogenated alkanes) is 15. The predicted octanol–water partition coefficient (Wildman–Crippen LogP) is 23.1. The molecule has 5 aliphatic heterocycles. The molecule has 8 heterocycles. The van der Waals surface area contributed by atoms with Gasteiger partial charge in [-0.05, 0) is 306 Å². The first-order valence-corrected chi connectivity index (χ1v) is 54.5. The first-order chi connectivity index (χ1) is 61.5. The Morgan fingerprint density at radius 1 is 0.252 bits per heavy atom. The molecule has 0 bridgehead atoms. The Kier molecular flexibility index (Phi) is 42.4. The van der Waals surface area contributed by atoms with Gasteiger partial charge in [0.1, 0.15) is 5.82 Å². The third kappa shape index (κ3) is 35.3. The summed E-state index contributed by atoms with van der Waals surface area (Å²) < 4.78 is 0. The number of anilines is 7. The summed E-state index contributed by atoms with van der Waals surface area (Å²) in [4.78, 5) is 75.6. The maximum Gasteiger partial charge on any atom is 0.232 e. The quantitative estimate of drug-likeness (QED) is 0.0333. The van der Waals surface area contributed by atoms with Crippen LogP contribution in [0.4, 0.5) is 41.6 Å². The van der Waals surface area contributed by atoms with E-state index in [1.54, 1.807) is 0 Å². The van der Waals surface area contributed by atoms with Gasteiger partial charge < -0.3 is 60.9 Å². The normalized spacial score (nSPS) is 20.5. The van der Waals surface area contributed by atoms with Crippen LogP contribution in [0, 0.1) is 0 Å². The molecule has 23 nitrogen and oxygen atoms in total. The van der Waals surface area contributed by atoms with E-state index in [1.807, 2.05) is 0 Å². The Morgan fingerprint density at radius 2 is 0.466 bits per heavy atom. The minimum atomic E-state index is -0.462. The predicted molar refractivity (Wildman–Crippen MR) is 563 cm³/mol. The van der Waals surface area contributed by atoms with Gasteiger partial charge in [-0.25, -0.2) is 0 Å². The van der Waals surface area contributed by atoms with E-state index in [9.17, 15) is 0 Å². The maximum atomic E-state index is 6.09. The average Bonchev–Trinajstić information content (AvgIpc) is 0.773. The summed E-state index contributed by atoms with van der Waals surface area (Å²) in [6.45, 7) is 89.8. The van der Waals surface area contributed by atoms with Gasteiger partial charge in [-0.3, -0.25) is 9.80 Å². The molecular formula is C108H207N23. The van der Waals surface area contributed by atoms with E-state index in [0.717, 1.165) is 376 Å². The first kappa shape index (κ1) is 112. The average molecular weight is 1830 g/mol. The number of nitrogens with zero attached hydrogens (tertiary/aromatic N) is 18. The van der Waals surface area contributed by atoms with E-state index in [0.29, 0.717) is 12.1 Å². The smallest absolute Gasteiger partial charge is 0.232 e. The van der Waals surface area contributed by atoms with E-state index in [4.69, 9.17) is 44.9 Å². The van der Waals surface area contributed by atoms with E-state index in [2.05, 4.69) is 292 Å². The van der Waals surface area contributed by atoms with Crippen LogP contribution in [0.25, 0.3) is 0 Å². The molecule has 5 fully saturated rings. The highest BCUT2D eigenvalue weighted by molar-refractivity contribution is 5.49. The highest BCUT2D eigenvalue weighted by atomic mass is 15.4. The fourth-order valence-corrected chi connectivity index (χ4v) is 24.4. The Hall–Kier alpha value is -4.65. The van der Waals surface area contributed by atoms with Gasteiger partial charge in [-0.15, -0.1) is 0 Å². The zero-order valence-corrected chi connectivity index (χ0v) is 91.4. The van der Waals surface area contributed by atoms with Crippen molar-refractivity contribution in [3.63, 3.8) is 0 Å². The van der Waals surface area contributed by atoms with Crippen LogP contribution >= 0.6 is 0 Å². The van der Waals surface area contributed by atoms with E-state index in [-0.39, 0.29) is 79.6 Å². The Morgan fingerprint density at radius 3 is 0.748 bits per heavy atom. The molecule has 23 heteroatoms. The van der Waals surface area contributed by atoms with Crippen molar-refractivity contribution in [3.05, 3.63) is 11.6 Å². The lowest BCUT2D eigenvalue weighted by Gasteiger charge is -2.51. The molecule has 5 aliphatic rings. The van der Waals surface area contributed by atoms with Crippen molar-refractivity contribution < 1.29 is 0 Å². The van der Waals surface area contributed by atoms with Crippen molar-refractivity contribution in [1.82, 2.24) is 81.2 Å². The van der Waals surface area contributed by atoms with Crippen molar-refractivity contribution >= 4 is 41.6 Å². The molecule has 5 N–H and O–H groups in total. The zero-order chi connectivity index (χ0) is 96.6. The van der Waals surface area contributed by atoms with Crippen LogP contribution in [0.5, 0.6) is 0 Å². The highest BCUT2D eigenvalue weighted by Crippen LogP contribution is 2.43. The first-order valence-electron chi connectivity index (χ1n) is 54.5. The molecule has 754 valence electrons. The van der Waals surface area contributed by atoms with Gasteiger partial charge in [0.05, 0.1) is 6.04 Å². The zero-order valence-electron chi connectivity index (χ0n) is 91.4. The largest absolute Gasteiger partial charge is 0.341 e. The summed E-state index contributed by atoms with van der Waals surface area (Å²) in [5, 5.41) is 20.5. The number of piperidine rings is 5. The lowest BCUT2D eigenvalue weighted by Crippen LogP contribution is -2.63. The number of rotatable bonds is 58. The van der Waals surface area contributed by atoms with Gasteiger partial charge in [0, 0.05) is 170 Å². The summed E-state index contributed by atoms with van der Waals surface area (Å²) in [5.41, 5.74) is -1.12. The van der Waals surface area contributed by atoms with Crippen LogP contribution in [0.15, 0.2) is 0 Å². The Bertz CT molecular complexity index is 3600. The second-order valence-electron chi connectivity index (χ2n) is 49.4. The fraction of sp³-hybridized carbons (Fsp3) is 0.917. The van der Waals surface area contributed by atoms with Gasteiger partial charge in [-0.2, -0.15) is 44.9 Å². The lowest BCUT2D eigenvalue weighted by atomic mass is 9.78. The van der Waals surface area contributed by atoms with Crippen LogP contribution in [0.1, 0.15) is 470 Å². The van der Waals surface area contributed by atoms with Crippen LogP contribution in [-0.4, -0.2) is 232 Å². The van der Waals surface area contributed by atoms with Crippen molar-refractivity contribution in [3.8, 4) is 0 Å². The summed E-state index contributed by atoms with van der Waals surface area (Å²) in [7, 11) is 0. The van der Waals surface area contributed by atoms with Crippen LogP contribution < -0.4 is 60.9 Å². The Labute approximate surface area is 805 Å². The van der Waals surface area contributed by atoms with E-state index >= 15 is 0 Å². The SMILES string of the molecule is CCCCN(CCCC)c1nc(C(C)N(CCCCCCN(c2nc(N(CCCC)C3CC(C)(C)NC(C)(C)C3)nc(C(C)(C)CN(CCCCCCN(c3nc(N(CCCC)CCCC)nc(N(CCCC)CCCC)n3)C3CC(C)(C)NC(C)(C)C3)C3CC(C)(C)NC(C)(C)C3)n2)C2CC(C)(C)NC(C)(C)C2)C2CC(C)(C)NC(C)(C)C2)nc(N(CCCC)CCCC)n1. The van der Waals surface area contributed by atoms with E-state index < -0.39 is 5.41 Å². The minimum absolute atomic E-state index is 0.00737. The van der Waals surface area contributed by atoms with Crippen LogP contribution in [-0.2, 0) is 5.41 Å². The molecular weight excluding hydrogens is 1620 g/mol. The number of hydrogen-bond donors (Lipinski definition) is 5. The van der Waals surface area contributed by atoms with Crippen molar-refractivity contribution in [2.75, 3.05) is 126 Å². The van der Waals surface area contributed by atoms with Gasteiger partial charge in [0.15, 0.2) is 5.82 Å². The van der Waals surface area contributed by atoms with Gasteiger partial charge in [0.25, 0.3) is 0 Å². The lowest BCUT2D eigenvalue weighted by molar-refractivity contribution is 0.0392. The van der Waals surface area contributed by atoms with Crippen molar-refractivity contribution in [1.29, 1.82) is 0 Å². The molecule has 0 spiro atoms. The molecule has 8 rings (SSSR count). The molecule has 0 aliphatic carbocycles. The molecule has 3 aromatic heterocycles. The summed E-state index contributed by atoms with van der Waals surface area (Å²) in [6, 6.07) is 1.40. The monoisotopic (exact) mass is 1830 g/mol. The molecule has 1 atom stereocenters. The highest BCUT2D eigenvalue weighted by Gasteiger charge is 2.49. The minimum Gasteiger partial charge on any atom is -0.341 e. The number of hydrogen-bond acceptors (Lipinski definition) is 23. The molecule has 131 heavy (non-hydrogen) atoms. The standard InChI is InChI=1S/C108H207N23/c1-33-42-59-123(60-43-34-2)91-109-89(110-92(113-91)124(61-44-35-3)62-45-36-4)83(10)128(85-74-101(17,18)119-102(19,20)75-85)69-56-53-54-58-70-130(87-78-105(25,26)121-106(27,28)79-87)96-112-90(111-95(117-96)129(68-50-41-9)86-76-103(21,22)120-104(23,24)77-86)98(11,12)82-127(84-72-99(13,14)118-100(15,16)73-84)67-55-51-52-57-71-131(88-80-107(29,30)122-108(31,32)81-88)97-115-93(125(63-46-37-5)64-47-38-6)114-94(116-97)126(65-48-39-7)66-49-40-8/h83-88,118-122H,33-82H2,1-32H3. The molecule has 0 amide bonds. The molecule has 1 unspecified atom stereocenters. The second kappa shape index (κ2) is 49.8. The number of aromatic nitrogens is 9. The fourth-order valence-electron chi connectivity index (χ4n) is 24.4. The Balaban J connectivity index is 1.17. The molecule has 0 aromatic carbocycles. The second-order valence-corrected chi connectivity index (χ2v) is 49.4. The van der Waals surface area contributed by atoms with E-state index in [1.165, 1.54) is 0 Å². The number of nitrogens with one attached hydrogen (secondary N) is 5. The molecule has 3 aromatic rings. The van der Waals surface area contributed by atoms with Gasteiger partial charge in [-0.1, -0.05) is 160 Å². The molecule has 5 saturated heterocycles. The molecule has 0 radical (unpaired) electrons. The van der Waals surface area contributed by atoms with Crippen molar-refractivity contribution in [2.24, 2.45) is 0 Å². The van der Waals surface area contributed by atoms with Crippen molar-refractivity contribution in [2.45, 2.75) is 550 Å². The van der Waals surface area contributed by atoms with Gasteiger partial charge in [0.2, 0.25) is 41.6 Å². The third-order valence-corrected chi connectivity index (χ3v) is 29.1. The summed E-state index contributed by atoms with van der Waals surface area (Å²) in [6.07, 6.45) is 39.2. The summed E-state index contributed by atoms with van der Waals surface area (Å²) in [5.74, 6) is 7.91. The van der Waals surface area contributed by atoms with Gasteiger partial charge >= 0.3 is 0 Å². The topological polar surface area (TPSA) is 205 Å². The van der Waals surface area contributed by atoms with Crippen LogP contribution in [0.3, 0.4) is 0 Å². The summed E-state index contributed by atoms with van der Waals surface area (Å²) >= 11 is 0. The van der Waals surface area contributed by atoms with Crippen LogP contribution in [0.2, 0.25) is 0 Å². The maximum absolute atomic E-state index is 6.09.